The second-order valence-corrected chi connectivity index (χ2v) is 5.38. The summed E-state index contributed by atoms with van der Waals surface area (Å²) in [5.41, 5.74) is -0.935. The Hall–Kier alpha value is -0.560. The zero-order valence-electron chi connectivity index (χ0n) is 10.4. The zero-order valence-corrected chi connectivity index (χ0v) is 10.4. The van der Waals surface area contributed by atoms with Gasteiger partial charge in [0.2, 0.25) is 0 Å². The van der Waals surface area contributed by atoms with Crippen molar-refractivity contribution in [3.8, 4) is 11.8 Å². The molecule has 1 heterocycles. The van der Waals surface area contributed by atoms with Crippen LogP contribution in [0.2, 0.25) is 0 Å². The van der Waals surface area contributed by atoms with E-state index in [0.717, 1.165) is 0 Å². The summed E-state index contributed by atoms with van der Waals surface area (Å²) in [4.78, 5) is 0. The largest absolute Gasteiger partial charge is 0.377 e. The van der Waals surface area contributed by atoms with Gasteiger partial charge in [0.15, 0.2) is 5.79 Å². The summed E-state index contributed by atoms with van der Waals surface area (Å²) >= 11 is 0. The van der Waals surface area contributed by atoms with E-state index in [1.54, 1.807) is 6.92 Å². The number of ether oxygens (including phenoxy) is 2. The topological polar surface area (TPSA) is 38.7 Å². The van der Waals surface area contributed by atoms with Gasteiger partial charge in [0.25, 0.3) is 0 Å². The molecule has 2 aliphatic rings. The number of rotatable bonds is 0. The van der Waals surface area contributed by atoms with Gasteiger partial charge in [0, 0.05) is 5.92 Å². The third-order valence-electron chi connectivity index (χ3n) is 3.58. The summed E-state index contributed by atoms with van der Waals surface area (Å²) in [5, 5.41) is 10.5. The SMILES string of the molecule is CC#C[C@@]1(O)C[C@@H](C)[C@@H]2OC(C)(C)OC[C@@H]21. The molecule has 4 atom stereocenters. The molecular formula is C13H20O3. The molecule has 0 radical (unpaired) electrons. The minimum Gasteiger partial charge on any atom is -0.377 e. The molecule has 90 valence electrons. The van der Waals surface area contributed by atoms with E-state index in [1.807, 2.05) is 13.8 Å². The van der Waals surface area contributed by atoms with Crippen molar-refractivity contribution in [2.75, 3.05) is 6.61 Å². The normalized spacial score (nSPS) is 45.7. The lowest BCUT2D eigenvalue weighted by Crippen LogP contribution is -2.50. The molecule has 1 N–H and O–H groups in total. The fourth-order valence-electron chi connectivity index (χ4n) is 2.87. The van der Waals surface area contributed by atoms with Crippen LogP contribution in [-0.2, 0) is 9.47 Å². The first-order chi connectivity index (χ1) is 7.38. The lowest BCUT2D eigenvalue weighted by molar-refractivity contribution is -0.300. The smallest absolute Gasteiger partial charge is 0.163 e. The van der Waals surface area contributed by atoms with Gasteiger partial charge in [0.1, 0.15) is 5.60 Å². The number of aliphatic hydroxyl groups is 1. The Morgan fingerprint density at radius 3 is 2.69 bits per heavy atom. The van der Waals surface area contributed by atoms with Crippen molar-refractivity contribution in [3.63, 3.8) is 0 Å². The number of hydrogen-bond donors (Lipinski definition) is 1. The van der Waals surface area contributed by atoms with Gasteiger partial charge in [-0.1, -0.05) is 12.8 Å². The first-order valence-electron chi connectivity index (χ1n) is 5.86. The van der Waals surface area contributed by atoms with Crippen molar-refractivity contribution in [2.45, 2.75) is 51.6 Å². The number of hydrogen-bond acceptors (Lipinski definition) is 3. The maximum Gasteiger partial charge on any atom is 0.163 e. The standard InChI is InChI=1S/C13H20O3/c1-5-6-13(14)7-9(2)11-10(13)8-15-12(3,4)16-11/h9-11,14H,7-8H2,1-4H3/t9-,10+,11+,13-/m1/s1. The van der Waals surface area contributed by atoms with Gasteiger partial charge >= 0.3 is 0 Å². The van der Waals surface area contributed by atoms with Gasteiger partial charge < -0.3 is 14.6 Å². The van der Waals surface area contributed by atoms with Gasteiger partial charge in [0.05, 0.1) is 12.7 Å². The van der Waals surface area contributed by atoms with Crippen LogP contribution in [0.4, 0.5) is 0 Å². The average Bonchev–Trinajstić information content (AvgIpc) is 2.37. The summed E-state index contributed by atoms with van der Waals surface area (Å²) in [7, 11) is 0. The van der Waals surface area contributed by atoms with Crippen LogP contribution in [0.15, 0.2) is 0 Å². The van der Waals surface area contributed by atoms with E-state index in [1.165, 1.54) is 0 Å². The Morgan fingerprint density at radius 1 is 1.38 bits per heavy atom. The molecule has 1 aliphatic heterocycles. The van der Waals surface area contributed by atoms with Gasteiger partial charge in [-0.25, -0.2) is 0 Å². The van der Waals surface area contributed by atoms with Crippen molar-refractivity contribution < 1.29 is 14.6 Å². The summed E-state index contributed by atoms with van der Waals surface area (Å²) in [6, 6.07) is 0. The third-order valence-corrected chi connectivity index (χ3v) is 3.58. The minimum atomic E-state index is -0.935. The molecule has 2 rings (SSSR count). The molecule has 3 nitrogen and oxygen atoms in total. The van der Waals surface area contributed by atoms with E-state index in [9.17, 15) is 5.11 Å². The third kappa shape index (κ3) is 1.86. The Morgan fingerprint density at radius 2 is 2.06 bits per heavy atom. The predicted molar refractivity (Wildman–Crippen MR) is 60.6 cm³/mol. The highest BCUT2D eigenvalue weighted by Gasteiger charge is 2.55. The fourth-order valence-corrected chi connectivity index (χ4v) is 2.87. The first kappa shape index (κ1) is 11.9. The Kier molecular flexibility index (Phi) is 2.78. The Labute approximate surface area is 97.1 Å². The minimum absolute atomic E-state index is 0.0250. The Bertz CT molecular complexity index is 339. The molecule has 2 fully saturated rings. The summed E-state index contributed by atoms with van der Waals surface area (Å²) < 4.78 is 11.5. The van der Waals surface area contributed by atoms with E-state index in [-0.39, 0.29) is 12.0 Å². The van der Waals surface area contributed by atoms with Crippen LogP contribution in [0.5, 0.6) is 0 Å². The molecule has 0 bridgehead atoms. The van der Waals surface area contributed by atoms with Crippen molar-refractivity contribution in [1.29, 1.82) is 0 Å². The highest BCUT2D eigenvalue weighted by Crippen LogP contribution is 2.46. The van der Waals surface area contributed by atoms with Crippen LogP contribution in [0.1, 0.15) is 34.1 Å². The van der Waals surface area contributed by atoms with E-state index in [4.69, 9.17) is 9.47 Å². The fraction of sp³-hybridized carbons (Fsp3) is 0.846. The van der Waals surface area contributed by atoms with Crippen LogP contribution in [0, 0.1) is 23.7 Å². The van der Waals surface area contributed by atoms with E-state index in [0.29, 0.717) is 18.9 Å². The lowest BCUT2D eigenvalue weighted by atomic mass is 9.90. The van der Waals surface area contributed by atoms with Crippen molar-refractivity contribution in [3.05, 3.63) is 0 Å². The molecule has 3 heteroatoms. The lowest BCUT2D eigenvalue weighted by Gasteiger charge is -2.41. The van der Waals surface area contributed by atoms with Crippen LogP contribution < -0.4 is 0 Å². The van der Waals surface area contributed by atoms with Gasteiger partial charge in [-0.3, -0.25) is 0 Å². The molecule has 16 heavy (non-hydrogen) atoms. The molecule has 0 aromatic rings. The molecule has 0 amide bonds. The van der Waals surface area contributed by atoms with Crippen LogP contribution >= 0.6 is 0 Å². The first-order valence-corrected chi connectivity index (χ1v) is 5.86. The second kappa shape index (κ2) is 3.73. The Balaban J connectivity index is 2.24. The highest BCUT2D eigenvalue weighted by atomic mass is 16.7. The van der Waals surface area contributed by atoms with Crippen LogP contribution in [-0.4, -0.2) is 29.2 Å². The molecule has 1 saturated carbocycles. The molecule has 0 spiro atoms. The van der Waals surface area contributed by atoms with E-state index >= 15 is 0 Å². The maximum atomic E-state index is 10.5. The number of fused-ring (bicyclic) bond motifs is 1. The average molecular weight is 224 g/mol. The van der Waals surface area contributed by atoms with Crippen molar-refractivity contribution >= 4 is 0 Å². The summed E-state index contributed by atoms with van der Waals surface area (Å²) in [6.45, 7) is 8.21. The predicted octanol–water partition coefficient (Wildman–Crippen LogP) is 1.55. The quantitative estimate of drug-likeness (QED) is 0.634. The van der Waals surface area contributed by atoms with Crippen LogP contribution in [0.25, 0.3) is 0 Å². The zero-order chi connectivity index (χ0) is 12.0. The van der Waals surface area contributed by atoms with Gasteiger partial charge in [-0.15, -0.1) is 5.92 Å². The van der Waals surface area contributed by atoms with Crippen LogP contribution in [0.3, 0.4) is 0 Å². The monoisotopic (exact) mass is 224 g/mol. The van der Waals surface area contributed by atoms with E-state index < -0.39 is 11.4 Å². The van der Waals surface area contributed by atoms with Crippen molar-refractivity contribution in [2.24, 2.45) is 11.8 Å². The van der Waals surface area contributed by atoms with Gasteiger partial charge in [-0.2, -0.15) is 0 Å². The molecule has 0 unspecified atom stereocenters. The maximum absolute atomic E-state index is 10.5. The molecule has 0 aromatic carbocycles. The summed E-state index contributed by atoms with van der Waals surface area (Å²) in [5.74, 6) is 5.49. The molecule has 1 aliphatic carbocycles. The van der Waals surface area contributed by atoms with Gasteiger partial charge in [-0.05, 0) is 33.1 Å². The van der Waals surface area contributed by atoms with Crippen molar-refractivity contribution in [1.82, 2.24) is 0 Å². The molecule has 1 saturated heterocycles. The summed E-state index contributed by atoms with van der Waals surface area (Å²) in [6.07, 6.45) is 0.720. The highest BCUT2D eigenvalue weighted by molar-refractivity contribution is 5.21. The molecule has 0 aromatic heterocycles. The second-order valence-electron chi connectivity index (χ2n) is 5.38. The molecular weight excluding hydrogens is 204 g/mol. The van der Waals surface area contributed by atoms with E-state index in [2.05, 4.69) is 18.8 Å².